The highest BCUT2D eigenvalue weighted by Gasteiger charge is 2.13. The summed E-state index contributed by atoms with van der Waals surface area (Å²) in [5.74, 6) is -1.14. The Morgan fingerprint density at radius 2 is 1.69 bits per heavy atom. The van der Waals surface area contributed by atoms with Crippen LogP contribution in [0.25, 0.3) is 10.6 Å². The maximum Gasteiger partial charge on any atom is 0.136 e. The Bertz CT molecular complexity index is 446. The van der Waals surface area contributed by atoms with Crippen LogP contribution in [0, 0.1) is 18.6 Å². The Morgan fingerprint density at radius 3 is 2.12 bits per heavy atom. The minimum Gasteiger partial charge on any atom is -0.244 e. The second kappa shape index (κ2) is 5.70. The summed E-state index contributed by atoms with van der Waals surface area (Å²) in [6.07, 6.45) is 1.60. The van der Waals surface area contributed by atoms with Gasteiger partial charge in [0, 0.05) is 11.1 Å². The Labute approximate surface area is 97.8 Å². The Hall–Kier alpha value is -1.29. The molecule has 0 amide bonds. The van der Waals surface area contributed by atoms with Gasteiger partial charge in [0.15, 0.2) is 0 Å². The molecule has 0 radical (unpaired) electrons. The predicted molar refractivity (Wildman–Crippen MR) is 63.6 cm³/mol. The quantitative estimate of drug-likeness (QED) is 0.720. The molecule has 0 N–H and O–H groups in total. The largest absolute Gasteiger partial charge is 0.244 e. The number of thiazole rings is 1. The van der Waals surface area contributed by atoms with Gasteiger partial charge in [-0.3, -0.25) is 0 Å². The lowest BCUT2D eigenvalue weighted by atomic mass is 10.2. The third-order valence-corrected chi connectivity index (χ3v) is 2.73. The van der Waals surface area contributed by atoms with E-state index < -0.39 is 11.6 Å². The molecule has 0 aliphatic heterocycles. The van der Waals surface area contributed by atoms with Crippen LogP contribution in [-0.4, -0.2) is 4.98 Å². The van der Waals surface area contributed by atoms with Crippen molar-refractivity contribution in [3.8, 4) is 10.6 Å². The average molecular weight is 241 g/mol. The summed E-state index contributed by atoms with van der Waals surface area (Å²) in [7, 11) is 0. The summed E-state index contributed by atoms with van der Waals surface area (Å²) in [6.45, 7) is 5.85. The van der Waals surface area contributed by atoms with Crippen LogP contribution in [0.3, 0.4) is 0 Å². The zero-order valence-electron chi connectivity index (χ0n) is 9.42. The van der Waals surface area contributed by atoms with Crippen LogP contribution in [0.5, 0.6) is 0 Å². The minimum atomic E-state index is -0.570. The summed E-state index contributed by atoms with van der Waals surface area (Å²) in [4.78, 5) is 4.88. The predicted octanol–water partition coefficient (Wildman–Crippen LogP) is 4.42. The van der Waals surface area contributed by atoms with Crippen molar-refractivity contribution in [2.45, 2.75) is 20.8 Å². The molecule has 2 rings (SSSR count). The fourth-order valence-electron chi connectivity index (χ4n) is 1.17. The zero-order chi connectivity index (χ0) is 12.1. The van der Waals surface area contributed by atoms with Crippen LogP contribution in [0.2, 0.25) is 0 Å². The van der Waals surface area contributed by atoms with Crippen LogP contribution >= 0.6 is 11.3 Å². The second-order valence-electron chi connectivity index (χ2n) is 2.87. The lowest BCUT2D eigenvalue weighted by Crippen LogP contribution is -1.87. The molecule has 0 aliphatic carbocycles. The van der Waals surface area contributed by atoms with Gasteiger partial charge in [0.1, 0.15) is 16.6 Å². The van der Waals surface area contributed by atoms with Gasteiger partial charge in [-0.1, -0.05) is 19.9 Å². The molecule has 0 unspecified atom stereocenters. The highest BCUT2D eigenvalue weighted by Crippen LogP contribution is 2.29. The molecular weight excluding hydrogens is 228 g/mol. The lowest BCUT2D eigenvalue weighted by Gasteiger charge is -1.99. The van der Waals surface area contributed by atoms with Crippen LogP contribution in [0.15, 0.2) is 24.4 Å². The van der Waals surface area contributed by atoms with Crippen LogP contribution in [0.4, 0.5) is 8.78 Å². The number of hydrogen-bond acceptors (Lipinski definition) is 2. The first-order valence-electron chi connectivity index (χ1n) is 5.05. The van der Waals surface area contributed by atoms with Crippen molar-refractivity contribution in [2.24, 2.45) is 0 Å². The van der Waals surface area contributed by atoms with Gasteiger partial charge in [-0.15, -0.1) is 11.3 Å². The fourth-order valence-corrected chi connectivity index (χ4v) is 1.99. The number of rotatable bonds is 1. The molecule has 2 aromatic rings. The van der Waals surface area contributed by atoms with E-state index in [0.29, 0.717) is 5.01 Å². The average Bonchev–Trinajstić information content (AvgIpc) is 2.68. The first-order valence-corrected chi connectivity index (χ1v) is 5.87. The molecule has 1 nitrogen and oxygen atoms in total. The molecule has 0 atom stereocenters. The van der Waals surface area contributed by atoms with E-state index in [1.54, 1.807) is 6.20 Å². The van der Waals surface area contributed by atoms with E-state index in [1.807, 2.05) is 20.8 Å². The van der Waals surface area contributed by atoms with Crippen LogP contribution in [0.1, 0.15) is 18.7 Å². The van der Waals surface area contributed by atoms with E-state index in [4.69, 9.17) is 0 Å². The summed E-state index contributed by atoms with van der Waals surface area (Å²) < 4.78 is 26.5. The van der Waals surface area contributed by atoms with Crippen molar-refractivity contribution in [1.82, 2.24) is 4.98 Å². The van der Waals surface area contributed by atoms with Gasteiger partial charge in [-0.05, 0) is 19.1 Å². The van der Waals surface area contributed by atoms with Gasteiger partial charge in [0.25, 0.3) is 0 Å². The van der Waals surface area contributed by atoms with Gasteiger partial charge in [0.2, 0.25) is 0 Å². The van der Waals surface area contributed by atoms with Gasteiger partial charge in [-0.2, -0.15) is 0 Å². The molecule has 16 heavy (non-hydrogen) atoms. The van der Waals surface area contributed by atoms with Crippen molar-refractivity contribution in [3.63, 3.8) is 0 Å². The third-order valence-electron chi connectivity index (χ3n) is 1.80. The minimum absolute atomic E-state index is 0.0365. The Kier molecular flexibility index (Phi) is 4.55. The molecule has 0 bridgehead atoms. The van der Waals surface area contributed by atoms with Gasteiger partial charge < -0.3 is 0 Å². The second-order valence-corrected chi connectivity index (χ2v) is 4.11. The normalized spacial score (nSPS) is 9.56. The molecule has 0 saturated heterocycles. The highest BCUT2D eigenvalue weighted by atomic mass is 32.1. The maximum absolute atomic E-state index is 13.3. The van der Waals surface area contributed by atoms with Gasteiger partial charge in [0.05, 0.1) is 5.56 Å². The number of aromatic nitrogens is 1. The van der Waals surface area contributed by atoms with Crippen molar-refractivity contribution < 1.29 is 8.78 Å². The van der Waals surface area contributed by atoms with Crippen molar-refractivity contribution in [3.05, 3.63) is 40.9 Å². The van der Waals surface area contributed by atoms with Crippen molar-refractivity contribution in [2.75, 3.05) is 0 Å². The fraction of sp³-hybridized carbons (Fsp3) is 0.250. The SMILES string of the molecule is CC.Cc1cnc(-c2c(F)cccc2F)s1. The van der Waals surface area contributed by atoms with E-state index in [9.17, 15) is 8.78 Å². The summed E-state index contributed by atoms with van der Waals surface area (Å²) in [5.41, 5.74) is -0.0365. The highest BCUT2D eigenvalue weighted by molar-refractivity contribution is 7.14. The number of hydrogen-bond donors (Lipinski definition) is 0. The number of nitrogens with zero attached hydrogens (tertiary/aromatic N) is 1. The standard InChI is InChI=1S/C10H7F2NS.C2H6/c1-6-5-13-10(14-6)9-7(11)3-2-4-8(9)12;1-2/h2-5H,1H3;1-2H3. The molecule has 0 aliphatic rings. The third kappa shape index (κ3) is 2.64. The summed E-state index contributed by atoms with van der Waals surface area (Å²) in [6, 6.07) is 3.80. The number of aryl methyl sites for hydroxylation is 1. The maximum atomic E-state index is 13.3. The van der Waals surface area contributed by atoms with E-state index in [-0.39, 0.29) is 5.56 Å². The molecule has 4 heteroatoms. The monoisotopic (exact) mass is 241 g/mol. The van der Waals surface area contributed by atoms with E-state index in [0.717, 1.165) is 4.88 Å². The van der Waals surface area contributed by atoms with Crippen LogP contribution < -0.4 is 0 Å². The van der Waals surface area contributed by atoms with E-state index >= 15 is 0 Å². The molecule has 0 fully saturated rings. The smallest absolute Gasteiger partial charge is 0.136 e. The van der Waals surface area contributed by atoms with Crippen molar-refractivity contribution in [1.29, 1.82) is 0 Å². The summed E-state index contributed by atoms with van der Waals surface area (Å²) >= 11 is 1.28. The number of benzene rings is 1. The Morgan fingerprint density at radius 1 is 1.12 bits per heavy atom. The first-order chi connectivity index (χ1) is 7.68. The first kappa shape index (κ1) is 12.8. The molecule has 0 saturated carbocycles. The molecule has 1 aromatic carbocycles. The molecular formula is C12H13F2NS. The lowest BCUT2D eigenvalue weighted by molar-refractivity contribution is 0.589. The van der Waals surface area contributed by atoms with Crippen LogP contribution in [-0.2, 0) is 0 Å². The Balaban J connectivity index is 0.000000606. The topological polar surface area (TPSA) is 12.9 Å². The van der Waals surface area contributed by atoms with Gasteiger partial charge in [-0.25, -0.2) is 13.8 Å². The van der Waals surface area contributed by atoms with E-state index in [2.05, 4.69) is 4.98 Å². The summed E-state index contributed by atoms with van der Waals surface area (Å²) in [5, 5.41) is 0.387. The molecule has 0 spiro atoms. The van der Waals surface area contributed by atoms with E-state index in [1.165, 1.54) is 29.5 Å². The van der Waals surface area contributed by atoms with Crippen molar-refractivity contribution >= 4 is 11.3 Å². The van der Waals surface area contributed by atoms with Gasteiger partial charge >= 0.3 is 0 Å². The zero-order valence-corrected chi connectivity index (χ0v) is 10.2. The molecule has 1 aromatic heterocycles. The molecule has 86 valence electrons. The molecule has 1 heterocycles. The number of halogens is 2.